The van der Waals surface area contributed by atoms with Gasteiger partial charge in [-0.2, -0.15) is 0 Å². The Morgan fingerprint density at radius 1 is 1.38 bits per heavy atom. The highest BCUT2D eigenvalue weighted by Crippen LogP contribution is 2.00. The predicted molar refractivity (Wildman–Crippen MR) is 46.1 cm³/mol. The lowest BCUT2D eigenvalue weighted by molar-refractivity contribution is -0.137. The van der Waals surface area contributed by atoms with Gasteiger partial charge >= 0.3 is 5.97 Å². The van der Waals surface area contributed by atoms with E-state index in [0.29, 0.717) is 0 Å². The Morgan fingerprint density at radius 2 is 1.92 bits per heavy atom. The minimum atomic E-state index is -1.06. The molecule has 3 N–H and O–H groups in total. The molecule has 0 radical (unpaired) electrons. The van der Waals surface area contributed by atoms with Crippen molar-refractivity contribution in [3.05, 3.63) is 0 Å². The molecule has 0 rings (SSSR count). The molecular formula is C8H15NO4. The molecule has 0 spiro atoms. The van der Waals surface area contributed by atoms with Crippen molar-refractivity contribution >= 4 is 11.9 Å². The van der Waals surface area contributed by atoms with E-state index >= 15 is 0 Å². The molecule has 0 bridgehead atoms. The summed E-state index contributed by atoms with van der Waals surface area (Å²) in [7, 11) is 0. The van der Waals surface area contributed by atoms with Gasteiger partial charge in [0.05, 0.1) is 6.42 Å². The number of carbonyl (C=O) groups is 2. The number of carbonyl (C=O) groups excluding carboxylic acids is 1. The molecule has 13 heavy (non-hydrogen) atoms. The monoisotopic (exact) mass is 189 g/mol. The van der Waals surface area contributed by atoms with Crippen molar-refractivity contribution in [2.45, 2.75) is 26.4 Å². The van der Waals surface area contributed by atoms with E-state index in [2.05, 4.69) is 5.32 Å². The first-order valence-electron chi connectivity index (χ1n) is 4.12. The summed E-state index contributed by atoms with van der Waals surface area (Å²) in [5, 5.41) is 19.8. The van der Waals surface area contributed by atoms with Gasteiger partial charge in [-0.05, 0) is 5.92 Å². The van der Waals surface area contributed by atoms with Crippen molar-refractivity contribution < 1.29 is 19.8 Å². The first kappa shape index (κ1) is 11.9. The molecule has 0 saturated heterocycles. The van der Waals surface area contributed by atoms with Crippen LogP contribution < -0.4 is 5.32 Å². The Labute approximate surface area is 76.8 Å². The normalized spacial score (nSPS) is 12.6. The van der Waals surface area contributed by atoms with Crippen LogP contribution >= 0.6 is 0 Å². The maximum Gasteiger partial charge on any atom is 0.305 e. The fourth-order valence-corrected chi connectivity index (χ4v) is 0.700. The van der Waals surface area contributed by atoms with Crippen molar-refractivity contribution in [1.82, 2.24) is 5.32 Å². The van der Waals surface area contributed by atoms with E-state index in [1.165, 1.54) is 0 Å². The molecule has 0 aromatic rings. The standard InChI is InChI=1S/C8H15NO4/c1-5(2)7(12)8(13)9-4-3-6(10)11/h5,7,12H,3-4H2,1-2H3,(H,9,13)(H,10,11)/t7-/m1/s1. The molecule has 1 amide bonds. The van der Waals surface area contributed by atoms with E-state index < -0.39 is 18.0 Å². The zero-order valence-corrected chi connectivity index (χ0v) is 7.78. The van der Waals surface area contributed by atoms with Gasteiger partial charge in [0.2, 0.25) is 5.91 Å². The molecule has 0 aliphatic carbocycles. The molecule has 0 saturated carbocycles. The molecule has 0 fully saturated rings. The van der Waals surface area contributed by atoms with Crippen LogP contribution in [0, 0.1) is 5.92 Å². The predicted octanol–water partition coefficient (Wildman–Crippen LogP) is -0.406. The molecule has 0 unspecified atom stereocenters. The first-order valence-corrected chi connectivity index (χ1v) is 4.12. The van der Waals surface area contributed by atoms with Crippen LogP contribution in [0.15, 0.2) is 0 Å². The Kier molecular flexibility index (Phi) is 5.06. The van der Waals surface area contributed by atoms with Gasteiger partial charge in [-0.25, -0.2) is 0 Å². The number of aliphatic carboxylic acids is 1. The SMILES string of the molecule is CC(C)[C@@H](O)C(=O)NCCC(=O)O. The van der Waals surface area contributed by atoms with Gasteiger partial charge in [0.15, 0.2) is 0 Å². The summed E-state index contributed by atoms with van der Waals surface area (Å²) in [6.45, 7) is 3.47. The second kappa shape index (κ2) is 5.53. The molecular weight excluding hydrogens is 174 g/mol. The number of nitrogens with one attached hydrogen (secondary N) is 1. The quantitative estimate of drug-likeness (QED) is 0.549. The zero-order chi connectivity index (χ0) is 10.4. The van der Waals surface area contributed by atoms with Crippen LogP contribution in [-0.4, -0.2) is 34.7 Å². The van der Waals surface area contributed by atoms with Gasteiger partial charge in [-0.1, -0.05) is 13.8 Å². The summed E-state index contributed by atoms with van der Waals surface area (Å²) >= 11 is 0. The third-order valence-corrected chi connectivity index (χ3v) is 1.54. The fourth-order valence-electron chi connectivity index (χ4n) is 0.700. The number of rotatable bonds is 5. The van der Waals surface area contributed by atoms with E-state index in [0.717, 1.165) is 0 Å². The smallest absolute Gasteiger partial charge is 0.305 e. The van der Waals surface area contributed by atoms with E-state index in [4.69, 9.17) is 5.11 Å². The minimum absolute atomic E-state index is 0.0535. The number of aliphatic hydroxyl groups is 1. The zero-order valence-electron chi connectivity index (χ0n) is 7.78. The van der Waals surface area contributed by atoms with Gasteiger partial charge in [-0.15, -0.1) is 0 Å². The number of aliphatic hydroxyl groups excluding tert-OH is 1. The van der Waals surface area contributed by atoms with E-state index in [1.54, 1.807) is 13.8 Å². The lowest BCUT2D eigenvalue weighted by atomic mass is 10.1. The molecule has 0 aromatic carbocycles. The van der Waals surface area contributed by atoms with Crippen molar-refractivity contribution in [2.75, 3.05) is 6.54 Å². The summed E-state index contributed by atoms with van der Waals surface area (Å²) in [4.78, 5) is 21.1. The molecule has 5 heteroatoms. The maximum atomic E-state index is 11.0. The van der Waals surface area contributed by atoms with E-state index in [1.807, 2.05) is 0 Å². The van der Waals surface area contributed by atoms with Gasteiger partial charge in [-0.3, -0.25) is 9.59 Å². The van der Waals surface area contributed by atoms with Crippen molar-refractivity contribution in [2.24, 2.45) is 5.92 Å². The van der Waals surface area contributed by atoms with Crippen LogP contribution in [0.25, 0.3) is 0 Å². The lowest BCUT2D eigenvalue weighted by Crippen LogP contribution is -2.38. The lowest BCUT2D eigenvalue weighted by Gasteiger charge is -2.13. The topological polar surface area (TPSA) is 86.6 Å². The van der Waals surface area contributed by atoms with Gasteiger partial charge < -0.3 is 15.5 Å². The van der Waals surface area contributed by atoms with Crippen LogP contribution in [0.3, 0.4) is 0 Å². The number of carboxylic acid groups (broad SMARTS) is 1. The third kappa shape index (κ3) is 5.19. The van der Waals surface area contributed by atoms with Crippen molar-refractivity contribution in [1.29, 1.82) is 0 Å². The van der Waals surface area contributed by atoms with E-state index in [-0.39, 0.29) is 18.9 Å². The Balaban J connectivity index is 3.68. The van der Waals surface area contributed by atoms with Crippen LogP contribution in [0.4, 0.5) is 0 Å². The first-order chi connectivity index (χ1) is 5.95. The number of amides is 1. The van der Waals surface area contributed by atoms with Crippen LogP contribution in [0.1, 0.15) is 20.3 Å². The Bertz CT molecular complexity index is 191. The molecule has 0 aliphatic rings. The Morgan fingerprint density at radius 3 is 2.31 bits per heavy atom. The average molecular weight is 189 g/mol. The molecule has 0 heterocycles. The third-order valence-electron chi connectivity index (χ3n) is 1.54. The maximum absolute atomic E-state index is 11.0. The van der Waals surface area contributed by atoms with Crippen LogP contribution in [0.2, 0.25) is 0 Å². The van der Waals surface area contributed by atoms with Gasteiger partial charge in [0.25, 0.3) is 0 Å². The highest BCUT2D eigenvalue weighted by molar-refractivity contribution is 5.81. The number of hydrogen-bond acceptors (Lipinski definition) is 3. The minimum Gasteiger partial charge on any atom is -0.481 e. The molecule has 5 nitrogen and oxygen atoms in total. The number of carboxylic acids is 1. The summed E-state index contributed by atoms with van der Waals surface area (Å²) < 4.78 is 0. The summed E-state index contributed by atoms with van der Waals surface area (Å²) in [6.07, 6.45) is -1.19. The van der Waals surface area contributed by atoms with Crippen molar-refractivity contribution in [3.63, 3.8) is 0 Å². The highest BCUT2D eigenvalue weighted by Gasteiger charge is 2.17. The molecule has 1 atom stereocenters. The molecule has 76 valence electrons. The van der Waals surface area contributed by atoms with E-state index in [9.17, 15) is 14.7 Å². The Hall–Kier alpha value is -1.10. The number of hydrogen-bond donors (Lipinski definition) is 3. The highest BCUT2D eigenvalue weighted by atomic mass is 16.4. The second-order valence-electron chi connectivity index (χ2n) is 3.12. The molecule has 0 aliphatic heterocycles. The summed E-state index contributed by atoms with van der Waals surface area (Å²) in [6, 6.07) is 0. The average Bonchev–Trinajstić information content (AvgIpc) is 2.02. The summed E-state index contributed by atoms with van der Waals surface area (Å²) in [5.74, 6) is -1.65. The van der Waals surface area contributed by atoms with Gasteiger partial charge in [0.1, 0.15) is 6.10 Å². The van der Waals surface area contributed by atoms with Crippen molar-refractivity contribution in [3.8, 4) is 0 Å². The van der Waals surface area contributed by atoms with Crippen LogP contribution in [-0.2, 0) is 9.59 Å². The molecule has 0 aromatic heterocycles. The fraction of sp³-hybridized carbons (Fsp3) is 0.750. The largest absolute Gasteiger partial charge is 0.481 e. The summed E-state index contributed by atoms with van der Waals surface area (Å²) in [5.41, 5.74) is 0. The second-order valence-corrected chi connectivity index (χ2v) is 3.12. The van der Waals surface area contributed by atoms with Crippen LogP contribution in [0.5, 0.6) is 0 Å². The van der Waals surface area contributed by atoms with Gasteiger partial charge in [0, 0.05) is 6.54 Å².